The molecule has 7 nitrogen and oxygen atoms in total. The van der Waals surface area contributed by atoms with Gasteiger partial charge in [0.15, 0.2) is 11.5 Å². The molecule has 0 spiro atoms. The number of nitrogens with zero attached hydrogens (tertiary/aromatic N) is 5. The van der Waals surface area contributed by atoms with Crippen LogP contribution in [0.2, 0.25) is 0 Å². The highest BCUT2D eigenvalue weighted by Gasteiger charge is 2.25. The van der Waals surface area contributed by atoms with E-state index in [0.717, 1.165) is 41.9 Å². The highest BCUT2D eigenvalue weighted by molar-refractivity contribution is 5.95. The average molecular weight is 354 g/mol. The molecule has 1 unspecified atom stereocenters. The summed E-state index contributed by atoms with van der Waals surface area (Å²) >= 11 is 0. The summed E-state index contributed by atoms with van der Waals surface area (Å²) in [5, 5.41) is 5.62. The summed E-state index contributed by atoms with van der Waals surface area (Å²) < 4.78 is 7.09. The number of methoxy groups -OCH3 is 1. The molecule has 2 N–H and O–H groups in total. The van der Waals surface area contributed by atoms with Gasteiger partial charge in [0.2, 0.25) is 5.95 Å². The average Bonchev–Trinajstić information content (AvgIpc) is 3.13. The smallest absolute Gasteiger partial charge is 0.223 e. The lowest BCUT2D eigenvalue weighted by molar-refractivity contribution is 0.202. The van der Waals surface area contributed by atoms with Gasteiger partial charge in [-0.3, -0.25) is 0 Å². The van der Waals surface area contributed by atoms with Crippen LogP contribution in [-0.4, -0.2) is 51.2 Å². The molecule has 0 saturated carbocycles. The van der Waals surface area contributed by atoms with Gasteiger partial charge in [0.25, 0.3) is 0 Å². The SMILES string of the molecule is CCCCN1CCCC(c2nc3c4cccc(OC)c4nc(N)n3n2)C1. The first-order chi connectivity index (χ1) is 12.7. The molecule has 7 heteroatoms. The quantitative estimate of drug-likeness (QED) is 0.759. The lowest BCUT2D eigenvalue weighted by Crippen LogP contribution is -2.35. The highest BCUT2D eigenvalue weighted by Crippen LogP contribution is 2.30. The summed E-state index contributed by atoms with van der Waals surface area (Å²) in [6.07, 6.45) is 4.77. The molecular formula is C19H26N6O. The molecule has 0 aliphatic carbocycles. The maximum absolute atomic E-state index is 6.17. The molecule has 138 valence electrons. The molecule has 1 aromatic carbocycles. The largest absolute Gasteiger partial charge is 0.494 e. The maximum Gasteiger partial charge on any atom is 0.223 e. The van der Waals surface area contributed by atoms with Gasteiger partial charge in [-0.15, -0.1) is 5.10 Å². The van der Waals surface area contributed by atoms with E-state index >= 15 is 0 Å². The van der Waals surface area contributed by atoms with Crippen LogP contribution in [0.25, 0.3) is 16.6 Å². The minimum absolute atomic E-state index is 0.342. The van der Waals surface area contributed by atoms with Crippen molar-refractivity contribution in [1.82, 2.24) is 24.5 Å². The summed E-state index contributed by atoms with van der Waals surface area (Å²) in [5.41, 5.74) is 7.65. The van der Waals surface area contributed by atoms with Gasteiger partial charge in [-0.1, -0.05) is 19.4 Å². The van der Waals surface area contributed by atoms with E-state index in [1.165, 1.54) is 25.8 Å². The Kier molecular flexibility index (Phi) is 4.63. The Balaban J connectivity index is 1.73. The number of benzene rings is 1. The Hall–Kier alpha value is -2.41. The first-order valence-corrected chi connectivity index (χ1v) is 9.42. The summed E-state index contributed by atoms with van der Waals surface area (Å²) in [5.74, 6) is 2.26. The number of nitrogen functional groups attached to an aromatic ring is 1. The maximum atomic E-state index is 6.17. The third-order valence-corrected chi connectivity index (χ3v) is 5.23. The molecule has 1 aliphatic heterocycles. The van der Waals surface area contributed by atoms with E-state index in [-0.39, 0.29) is 0 Å². The molecule has 0 amide bonds. The van der Waals surface area contributed by atoms with Gasteiger partial charge in [0.05, 0.1) is 7.11 Å². The van der Waals surface area contributed by atoms with E-state index in [1.807, 2.05) is 18.2 Å². The number of aromatic nitrogens is 4. The minimum atomic E-state index is 0.342. The number of anilines is 1. The summed E-state index contributed by atoms with van der Waals surface area (Å²) in [4.78, 5) is 11.9. The first-order valence-electron chi connectivity index (χ1n) is 9.42. The Bertz CT molecular complexity index is 921. The molecule has 2 aromatic heterocycles. The third kappa shape index (κ3) is 2.96. The first kappa shape index (κ1) is 17.0. The predicted octanol–water partition coefficient (Wildman–Crippen LogP) is 2.85. The predicted molar refractivity (Wildman–Crippen MR) is 103 cm³/mol. The number of fused-ring (bicyclic) bond motifs is 3. The molecule has 4 rings (SSSR count). The molecule has 1 saturated heterocycles. The zero-order valence-electron chi connectivity index (χ0n) is 15.5. The van der Waals surface area contributed by atoms with Crippen LogP contribution in [0.3, 0.4) is 0 Å². The van der Waals surface area contributed by atoms with Crippen LogP contribution < -0.4 is 10.5 Å². The van der Waals surface area contributed by atoms with Gasteiger partial charge < -0.3 is 15.4 Å². The summed E-state index contributed by atoms with van der Waals surface area (Å²) in [6.45, 7) is 5.59. The van der Waals surface area contributed by atoms with E-state index in [9.17, 15) is 0 Å². The number of hydrogen-bond donors (Lipinski definition) is 1. The van der Waals surface area contributed by atoms with Crippen molar-refractivity contribution in [3.05, 3.63) is 24.0 Å². The van der Waals surface area contributed by atoms with Crippen LogP contribution in [0.15, 0.2) is 18.2 Å². The van der Waals surface area contributed by atoms with Gasteiger partial charge >= 0.3 is 0 Å². The normalized spacial score (nSPS) is 18.6. The summed E-state index contributed by atoms with van der Waals surface area (Å²) in [6, 6.07) is 5.82. The fourth-order valence-electron chi connectivity index (χ4n) is 3.83. The molecule has 1 aliphatic rings. The van der Waals surface area contributed by atoms with Crippen LogP contribution in [-0.2, 0) is 0 Å². The Morgan fingerprint density at radius 1 is 1.31 bits per heavy atom. The Morgan fingerprint density at radius 2 is 2.19 bits per heavy atom. The number of rotatable bonds is 5. The van der Waals surface area contributed by atoms with E-state index in [4.69, 9.17) is 20.6 Å². The van der Waals surface area contributed by atoms with Gasteiger partial charge in [-0.25, -0.2) is 9.97 Å². The standard InChI is InChI=1S/C19H26N6O/c1-3-4-10-24-11-6-7-13(12-24)17-22-18-14-8-5-9-15(26-2)16(14)21-19(20)25(18)23-17/h5,8-9,13H,3-4,6-7,10-12H2,1-2H3,(H2,20,21). The van der Waals surface area contributed by atoms with Crippen molar-refractivity contribution in [3.63, 3.8) is 0 Å². The number of unbranched alkanes of at least 4 members (excludes halogenated alkanes) is 1. The van der Waals surface area contributed by atoms with Crippen molar-refractivity contribution in [3.8, 4) is 5.75 Å². The second kappa shape index (κ2) is 7.07. The molecular weight excluding hydrogens is 328 g/mol. The zero-order valence-corrected chi connectivity index (χ0v) is 15.5. The van der Waals surface area contributed by atoms with Crippen LogP contribution in [0.5, 0.6) is 5.75 Å². The van der Waals surface area contributed by atoms with Crippen molar-refractivity contribution in [2.75, 3.05) is 32.5 Å². The Morgan fingerprint density at radius 3 is 3.00 bits per heavy atom. The third-order valence-electron chi connectivity index (χ3n) is 5.23. The lowest BCUT2D eigenvalue weighted by atomic mass is 9.97. The van der Waals surface area contributed by atoms with Gasteiger partial charge in [0, 0.05) is 17.8 Å². The fourth-order valence-corrected chi connectivity index (χ4v) is 3.83. The fraction of sp³-hybridized carbons (Fsp3) is 0.526. The number of hydrogen-bond acceptors (Lipinski definition) is 6. The lowest BCUT2D eigenvalue weighted by Gasteiger charge is -2.31. The van der Waals surface area contributed by atoms with Crippen molar-refractivity contribution in [2.45, 2.75) is 38.5 Å². The summed E-state index contributed by atoms with van der Waals surface area (Å²) in [7, 11) is 1.64. The topological polar surface area (TPSA) is 81.6 Å². The van der Waals surface area contributed by atoms with Gasteiger partial charge in [-0.2, -0.15) is 4.52 Å². The molecule has 0 bridgehead atoms. The second-order valence-corrected chi connectivity index (χ2v) is 7.03. The molecule has 3 aromatic rings. The van der Waals surface area contributed by atoms with Gasteiger partial charge in [0.1, 0.15) is 11.3 Å². The van der Waals surface area contributed by atoms with Crippen molar-refractivity contribution in [2.24, 2.45) is 0 Å². The Labute approximate surface area is 153 Å². The minimum Gasteiger partial charge on any atom is -0.494 e. The molecule has 1 atom stereocenters. The van der Waals surface area contributed by atoms with E-state index in [1.54, 1.807) is 11.6 Å². The number of piperidine rings is 1. The highest BCUT2D eigenvalue weighted by atomic mass is 16.5. The monoisotopic (exact) mass is 354 g/mol. The molecule has 3 heterocycles. The van der Waals surface area contributed by atoms with Crippen LogP contribution in [0.1, 0.15) is 44.3 Å². The van der Waals surface area contributed by atoms with E-state index in [2.05, 4.69) is 16.8 Å². The molecule has 1 fully saturated rings. The zero-order chi connectivity index (χ0) is 18.1. The van der Waals surface area contributed by atoms with Gasteiger partial charge in [-0.05, 0) is 44.5 Å². The van der Waals surface area contributed by atoms with Crippen LogP contribution in [0, 0.1) is 0 Å². The van der Waals surface area contributed by atoms with Crippen LogP contribution in [0.4, 0.5) is 5.95 Å². The number of nitrogens with two attached hydrogens (primary N) is 1. The second-order valence-electron chi connectivity index (χ2n) is 7.03. The van der Waals surface area contributed by atoms with Crippen LogP contribution >= 0.6 is 0 Å². The number of ether oxygens (including phenoxy) is 1. The van der Waals surface area contributed by atoms with Crippen molar-refractivity contribution >= 4 is 22.5 Å². The molecule has 0 radical (unpaired) electrons. The van der Waals surface area contributed by atoms with E-state index in [0.29, 0.717) is 17.6 Å². The van der Waals surface area contributed by atoms with Crippen molar-refractivity contribution < 1.29 is 4.74 Å². The number of likely N-dealkylation sites (tertiary alicyclic amines) is 1. The van der Waals surface area contributed by atoms with Crippen molar-refractivity contribution in [1.29, 1.82) is 0 Å². The number of para-hydroxylation sites is 1. The molecule has 26 heavy (non-hydrogen) atoms. The van der Waals surface area contributed by atoms with E-state index < -0.39 is 0 Å².